The van der Waals surface area contributed by atoms with Crippen molar-refractivity contribution in [1.29, 1.82) is 0 Å². The molecule has 0 spiro atoms. The summed E-state index contributed by atoms with van der Waals surface area (Å²) in [5, 5.41) is 9.03. The van der Waals surface area contributed by atoms with Gasteiger partial charge in [-0.05, 0) is 25.3 Å². The Labute approximate surface area is 122 Å². The van der Waals surface area contributed by atoms with E-state index < -0.39 is 0 Å². The maximum Gasteiger partial charge on any atom is 0.224 e. The molecular formula is C13H17ClN4S. The van der Waals surface area contributed by atoms with Gasteiger partial charge in [0.1, 0.15) is 5.02 Å². The molecule has 2 aromatic heterocycles. The number of anilines is 2. The van der Waals surface area contributed by atoms with Gasteiger partial charge in [-0.3, -0.25) is 0 Å². The van der Waals surface area contributed by atoms with Gasteiger partial charge < -0.3 is 10.6 Å². The van der Waals surface area contributed by atoms with Crippen molar-refractivity contribution in [2.45, 2.75) is 26.3 Å². The van der Waals surface area contributed by atoms with Crippen molar-refractivity contribution < 1.29 is 0 Å². The van der Waals surface area contributed by atoms with Gasteiger partial charge in [-0.25, -0.2) is 4.98 Å². The van der Waals surface area contributed by atoms with Crippen molar-refractivity contribution in [1.82, 2.24) is 9.97 Å². The van der Waals surface area contributed by atoms with Crippen molar-refractivity contribution in [3.8, 4) is 0 Å². The largest absolute Gasteiger partial charge is 0.366 e. The molecule has 0 aliphatic heterocycles. The van der Waals surface area contributed by atoms with Gasteiger partial charge in [0.05, 0.1) is 6.20 Å². The Morgan fingerprint density at radius 1 is 1.47 bits per heavy atom. The molecule has 0 amide bonds. The van der Waals surface area contributed by atoms with Gasteiger partial charge in [0.25, 0.3) is 0 Å². The van der Waals surface area contributed by atoms with Gasteiger partial charge in [0.2, 0.25) is 5.95 Å². The van der Waals surface area contributed by atoms with Crippen LogP contribution >= 0.6 is 22.9 Å². The van der Waals surface area contributed by atoms with E-state index in [2.05, 4.69) is 45.0 Å². The molecule has 2 rings (SSSR count). The maximum atomic E-state index is 6.11. The van der Waals surface area contributed by atoms with Gasteiger partial charge >= 0.3 is 0 Å². The number of aromatic nitrogens is 2. The molecule has 1 atom stereocenters. The highest BCUT2D eigenvalue weighted by Gasteiger charge is 2.09. The van der Waals surface area contributed by atoms with Crippen LogP contribution in [0.3, 0.4) is 0 Å². The van der Waals surface area contributed by atoms with Crippen molar-refractivity contribution in [3.05, 3.63) is 33.6 Å². The second kappa shape index (κ2) is 6.73. The van der Waals surface area contributed by atoms with Crippen LogP contribution in [0.5, 0.6) is 0 Å². The number of hydrogen-bond donors (Lipinski definition) is 2. The third-order valence-electron chi connectivity index (χ3n) is 2.55. The van der Waals surface area contributed by atoms with Gasteiger partial charge in [-0.2, -0.15) is 4.98 Å². The van der Waals surface area contributed by atoms with E-state index in [1.807, 2.05) is 6.92 Å². The molecule has 6 heteroatoms. The number of nitrogens with zero attached hydrogens (tertiary/aromatic N) is 2. The molecular weight excluding hydrogens is 280 g/mol. The lowest BCUT2D eigenvalue weighted by Crippen LogP contribution is -2.19. The average Bonchev–Trinajstić information content (AvgIpc) is 2.86. The highest BCUT2D eigenvalue weighted by Crippen LogP contribution is 2.21. The summed E-state index contributed by atoms with van der Waals surface area (Å²) in [5.41, 5.74) is 0. The Morgan fingerprint density at radius 3 is 3.00 bits per heavy atom. The summed E-state index contributed by atoms with van der Waals surface area (Å²) >= 11 is 7.87. The molecule has 0 aliphatic carbocycles. The molecule has 0 fully saturated rings. The predicted molar refractivity (Wildman–Crippen MR) is 82.3 cm³/mol. The zero-order valence-corrected chi connectivity index (χ0v) is 12.6. The molecule has 0 saturated heterocycles. The maximum absolute atomic E-state index is 6.11. The second-order valence-electron chi connectivity index (χ2n) is 4.25. The smallest absolute Gasteiger partial charge is 0.224 e. The molecule has 102 valence electrons. The van der Waals surface area contributed by atoms with Crippen molar-refractivity contribution in [2.75, 3.05) is 17.2 Å². The number of thiophene rings is 1. The standard InChI is InChI=1S/C13H17ClN4S/c1-3-15-13-16-8-11(14)12(18-13)17-9(2)7-10-5-4-6-19-10/h4-6,8-9H,3,7H2,1-2H3,(H2,15,16,17,18). The summed E-state index contributed by atoms with van der Waals surface area (Å²) in [5.74, 6) is 1.27. The van der Waals surface area contributed by atoms with Crippen LogP contribution in [0, 0.1) is 0 Å². The normalized spacial score (nSPS) is 12.2. The van der Waals surface area contributed by atoms with Crippen molar-refractivity contribution in [2.24, 2.45) is 0 Å². The Morgan fingerprint density at radius 2 is 2.32 bits per heavy atom. The van der Waals surface area contributed by atoms with Crippen LogP contribution in [-0.2, 0) is 6.42 Å². The number of hydrogen-bond acceptors (Lipinski definition) is 5. The van der Waals surface area contributed by atoms with Crippen LogP contribution in [0.2, 0.25) is 5.02 Å². The first kappa shape index (κ1) is 14.1. The fourth-order valence-corrected chi connectivity index (χ4v) is 2.71. The van der Waals surface area contributed by atoms with E-state index in [1.165, 1.54) is 4.88 Å². The average molecular weight is 297 g/mol. The highest BCUT2D eigenvalue weighted by atomic mass is 35.5. The Kier molecular flexibility index (Phi) is 4.99. The SMILES string of the molecule is CCNc1ncc(Cl)c(NC(C)Cc2cccs2)n1. The Bertz CT molecular complexity index is 515. The first-order valence-electron chi connectivity index (χ1n) is 6.24. The summed E-state index contributed by atoms with van der Waals surface area (Å²) in [7, 11) is 0. The molecule has 0 radical (unpaired) electrons. The van der Waals surface area contributed by atoms with Crippen molar-refractivity contribution >= 4 is 34.7 Å². The third kappa shape index (κ3) is 4.08. The van der Waals surface area contributed by atoms with E-state index in [1.54, 1.807) is 17.5 Å². The number of halogens is 1. The summed E-state index contributed by atoms with van der Waals surface area (Å²) < 4.78 is 0. The quantitative estimate of drug-likeness (QED) is 0.854. The van der Waals surface area contributed by atoms with Crippen LogP contribution in [0.4, 0.5) is 11.8 Å². The lowest BCUT2D eigenvalue weighted by Gasteiger charge is -2.15. The number of nitrogens with one attached hydrogen (secondary N) is 2. The third-order valence-corrected chi connectivity index (χ3v) is 3.72. The van der Waals surface area contributed by atoms with Gasteiger partial charge in [-0.1, -0.05) is 17.7 Å². The minimum Gasteiger partial charge on any atom is -0.366 e. The highest BCUT2D eigenvalue weighted by molar-refractivity contribution is 7.09. The topological polar surface area (TPSA) is 49.8 Å². The van der Waals surface area contributed by atoms with Gasteiger partial charge in [0, 0.05) is 23.9 Å². The number of rotatable bonds is 6. The summed E-state index contributed by atoms with van der Waals surface area (Å²) in [4.78, 5) is 9.83. The molecule has 19 heavy (non-hydrogen) atoms. The molecule has 2 aromatic rings. The van der Waals surface area contributed by atoms with E-state index in [0.717, 1.165) is 13.0 Å². The summed E-state index contributed by atoms with van der Waals surface area (Å²) in [6.07, 6.45) is 2.57. The molecule has 1 unspecified atom stereocenters. The summed E-state index contributed by atoms with van der Waals surface area (Å²) in [6, 6.07) is 4.46. The lowest BCUT2D eigenvalue weighted by atomic mass is 10.2. The first-order chi connectivity index (χ1) is 9.19. The zero-order chi connectivity index (χ0) is 13.7. The van der Waals surface area contributed by atoms with Crippen LogP contribution in [0.25, 0.3) is 0 Å². The van der Waals surface area contributed by atoms with E-state index in [0.29, 0.717) is 16.8 Å². The fraction of sp³-hybridized carbons (Fsp3) is 0.385. The minimum absolute atomic E-state index is 0.264. The Balaban J connectivity index is 2.02. The van der Waals surface area contributed by atoms with Crippen LogP contribution < -0.4 is 10.6 Å². The fourth-order valence-electron chi connectivity index (χ4n) is 1.73. The monoisotopic (exact) mass is 296 g/mol. The van der Waals surface area contributed by atoms with Crippen LogP contribution in [-0.4, -0.2) is 22.6 Å². The lowest BCUT2D eigenvalue weighted by molar-refractivity contribution is 0.793. The molecule has 0 bridgehead atoms. The first-order valence-corrected chi connectivity index (χ1v) is 7.50. The molecule has 2 N–H and O–H groups in total. The molecule has 4 nitrogen and oxygen atoms in total. The van der Waals surface area contributed by atoms with E-state index in [4.69, 9.17) is 11.6 Å². The zero-order valence-electron chi connectivity index (χ0n) is 11.0. The molecule has 0 saturated carbocycles. The van der Waals surface area contributed by atoms with E-state index in [-0.39, 0.29) is 6.04 Å². The van der Waals surface area contributed by atoms with Crippen LogP contribution in [0.1, 0.15) is 18.7 Å². The van der Waals surface area contributed by atoms with Crippen molar-refractivity contribution in [3.63, 3.8) is 0 Å². The van der Waals surface area contributed by atoms with Gasteiger partial charge in [0.15, 0.2) is 5.82 Å². The molecule has 2 heterocycles. The van der Waals surface area contributed by atoms with E-state index in [9.17, 15) is 0 Å². The Hall–Kier alpha value is -1.33. The molecule has 0 aliphatic rings. The van der Waals surface area contributed by atoms with Gasteiger partial charge in [-0.15, -0.1) is 11.3 Å². The second-order valence-corrected chi connectivity index (χ2v) is 5.69. The molecule has 0 aromatic carbocycles. The summed E-state index contributed by atoms with van der Waals surface area (Å²) in [6.45, 7) is 4.90. The van der Waals surface area contributed by atoms with E-state index >= 15 is 0 Å². The minimum atomic E-state index is 0.264. The predicted octanol–water partition coefficient (Wildman–Crippen LogP) is 3.67. The van der Waals surface area contributed by atoms with Crippen LogP contribution in [0.15, 0.2) is 23.7 Å².